The van der Waals surface area contributed by atoms with E-state index in [9.17, 15) is 0 Å². The monoisotopic (exact) mass is 237 g/mol. The van der Waals surface area contributed by atoms with E-state index in [1.165, 1.54) is 64.5 Å². The molecule has 0 amide bonds. The highest BCUT2D eigenvalue weighted by atomic mass is 15.2. The van der Waals surface area contributed by atoms with Crippen LogP contribution in [0.1, 0.15) is 51.4 Å². The molecule has 2 saturated heterocycles. The van der Waals surface area contributed by atoms with Gasteiger partial charge in [-0.25, -0.2) is 0 Å². The van der Waals surface area contributed by atoms with Crippen molar-refractivity contribution in [3.05, 3.63) is 0 Å². The summed E-state index contributed by atoms with van der Waals surface area (Å²) >= 11 is 0. The number of nitrogens with one attached hydrogen (secondary N) is 1. The van der Waals surface area contributed by atoms with Gasteiger partial charge in [0.05, 0.1) is 0 Å². The van der Waals surface area contributed by atoms with Crippen molar-refractivity contribution in [1.29, 1.82) is 0 Å². The minimum absolute atomic E-state index is 0.477. The van der Waals surface area contributed by atoms with Crippen molar-refractivity contribution in [3.8, 4) is 0 Å². The first-order valence-electron chi connectivity index (χ1n) is 7.57. The van der Waals surface area contributed by atoms with Gasteiger partial charge >= 0.3 is 0 Å². The molecule has 3 heteroatoms. The summed E-state index contributed by atoms with van der Waals surface area (Å²) in [6.07, 6.45) is 10.7. The van der Waals surface area contributed by atoms with Gasteiger partial charge in [0.25, 0.3) is 0 Å². The smallest absolute Gasteiger partial charge is 0.0111 e. The number of hydrogen-bond donors (Lipinski definition) is 2. The fourth-order valence-corrected chi connectivity index (χ4v) is 3.99. The van der Waals surface area contributed by atoms with Crippen molar-refractivity contribution >= 4 is 0 Å². The Balaban J connectivity index is 1.46. The van der Waals surface area contributed by atoms with Crippen molar-refractivity contribution in [1.82, 2.24) is 10.2 Å². The molecule has 0 bridgehead atoms. The second-order valence-electron chi connectivity index (χ2n) is 6.33. The van der Waals surface area contributed by atoms with Crippen LogP contribution in [0.4, 0.5) is 0 Å². The zero-order valence-electron chi connectivity index (χ0n) is 10.9. The molecule has 98 valence electrons. The molecule has 3 nitrogen and oxygen atoms in total. The summed E-state index contributed by atoms with van der Waals surface area (Å²) in [6.45, 7) is 2.68. The van der Waals surface area contributed by atoms with E-state index in [0.29, 0.717) is 6.04 Å². The van der Waals surface area contributed by atoms with Crippen LogP contribution in [0.15, 0.2) is 0 Å². The molecule has 2 unspecified atom stereocenters. The molecular formula is C14H27N3. The molecule has 2 heterocycles. The summed E-state index contributed by atoms with van der Waals surface area (Å²) in [6, 6.07) is 2.92. The van der Waals surface area contributed by atoms with Crippen LogP contribution >= 0.6 is 0 Å². The Bertz CT molecular complexity index is 248. The van der Waals surface area contributed by atoms with E-state index >= 15 is 0 Å². The van der Waals surface area contributed by atoms with Crippen LogP contribution in [0.5, 0.6) is 0 Å². The van der Waals surface area contributed by atoms with Crippen molar-refractivity contribution in [2.24, 2.45) is 5.73 Å². The van der Waals surface area contributed by atoms with Gasteiger partial charge in [0.2, 0.25) is 0 Å². The van der Waals surface area contributed by atoms with Crippen molar-refractivity contribution in [2.75, 3.05) is 13.1 Å². The summed E-state index contributed by atoms with van der Waals surface area (Å²) in [4.78, 5) is 2.70. The fourth-order valence-electron chi connectivity index (χ4n) is 3.99. The average Bonchev–Trinajstić information content (AvgIpc) is 2.79. The number of nitrogens with zero attached hydrogens (tertiary/aromatic N) is 1. The highest BCUT2D eigenvalue weighted by molar-refractivity contribution is 4.91. The molecule has 0 aromatic heterocycles. The molecule has 2 aliphatic heterocycles. The molecule has 0 spiro atoms. The van der Waals surface area contributed by atoms with Gasteiger partial charge in [0.1, 0.15) is 0 Å². The summed E-state index contributed by atoms with van der Waals surface area (Å²) in [5.41, 5.74) is 5.97. The van der Waals surface area contributed by atoms with Crippen molar-refractivity contribution in [2.45, 2.75) is 75.5 Å². The maximum absolute atomic E-state index is 5.97. The Kier molecular flexibility index (Phi) is 3.69. The Morgan fingerprint density at radius 3 is 2.53 bits per heavy atom. The van der Waals surface area contributed by atoms with Crippen LogP contribution in [-0.2, 0) is 0 Å². The minimum atomic E-state index is 0.477. The maximum Gasteiger partial charge on any atom is 0.0111 e. The van der Waals surface area contributed by atoms with Crippen LogP contribution in [-0.4, -0.2) is 42.2 Å². The van der Waals surface area contributed by atoms with Crippen LogP contribution in [0, 0.1) is 0 Å². The van der Waals surface area contributed by atoms with Crippen LogP contribution < -0.4 is 11.1 Å². The quantitative estimate of drug-likeness (QED) is 0.764. The van der Waals surface area contributed by atoms with Gasteiger partial charge in [-0.15, -0.1) is 0 Å². The normalized spacial score (nSPS) is 43.6. The predicted molar refractivity (Wildman–Crippen MR) is 71.0 cm³/mol. The zero-order valence-corrected chi connectivity index (χ0v) is 10.9. The van der Waals surface area contributed by atoms with Gasteiger partial charge in [0.15, 0.2) is 0 Å². The number of nitrogens with two attached hydrogens (primary N) is 1. The van der Waals surface area contributed by atoms with E-state index in [4.69, 9.17) is 5.73 Å². The van der Waals surface area contributed by atoms with Gasteiger partial charge in [-0.3, -0.25) is 0 Å². The average molecular weight is 237 g/mol. The highest BCUT2D eigenvalue weighted by Gasteiger charge is 2.32. The Hall–Kier alpha value is -0.120. The second kappa shape index (κ2) is 5.25. The third-order valence-corrected chi connectivity index (χ3v) is 5.06. The van der Waals surface area contributed by atoms with E-state index in [1.807, 2.05) is 0 Å². The van der Waals surface area contributed by atoms with Gasteiger partial charge in [-0.2, -0.15) is 0 Å². The summed E-state index contributed by atoms with van der Waals surface area (Å²) in [5.74, 6) is 0. The SMILES string of the molecule is NC1CCC(NC2CCN3CCCC3C2)CC1. The zero-order chi connectivity index (χ0) is 11.7. The molecule has 3 fully saturated rings. The van der Waals surface area contributed by atoms with Gasteiger partial charge < -0.3 is 16.0 Å². The van der Waals surface area contributed by atoms with Gasteiger partial charge in [-0.1, -0.05) is 0 Å². The molecule has 1 saturated carbocycles. The van der Waals surface area contributed by atoms with Crippen molar-refractivity contribution < 1.29 is 0 Å². The van der Waals surface area contributed by atoms with E-state index in [0.717, 1.165) is 18.1 Å². The molecule has 3 aliphatic rings. The lowest BCUT2D eigenvalue weighted by Crippen LogP contribution is -2.49. The van der Waals surface area contributed by atoms with Crippen molar-refractivity contribution in [3.63, 3.8) is 0 Å². The first-order valence-corrected chi connectivity index (χ1v) is 7.57. The topological polar surface area (TPSA) is 41.3 Å². The van der Waals surface area contributed by atoms with E-state index in [2.05, 4.69) is 10.2 Å². The molecule has 0 aromatic rings. The standard InChI is InChI=1S/C14H27N3/c15-11-3-5-12(6-4-11)16-13-7-9-17-8-1-2-14(17)10-13/h11-14,16H,1-10,15H2. The number of fused-ring (bicyclic) bond motifs is 1. The molecule has 2 atom stereocenters. The van der Waals surface area contributed by atoms with Crippen LogP contribution in [0.3, 0.4) is 0 Å². The highest BCUT2D eigenvalue weighted by Crippen LogP contribution is 2.28. The Morgan fingerprint density at radius 2 is 1.71 bits per heavy atom. The summed E-state index contributed by atoms with van der Waals surface area (Å²) in [7, 11) is 0. The summed E-state index contributed by atoms with van der Waals surface area (Å²) < 4.78 is 0. The minimum Gasteiger partial charge on any atom is -0.328 e. The predicted octanol–water partition coefficient (Wildman–Crippen LogP) is 1.47. The van der Waals surface area contributed by atoms with E-state index < -0.39 is 0 Å². The largest absolute Gasteiger partial charge is 0.328 e. The molecule has 3 N–H and O–H groups in total. The number of rotatable bonds is 2. The lowest BCUT2D eigenvalue weighted by molar-refractivity contribution is 0.154. The Labute approximate surface area is 105 Å². The van der Waals surface area contributed by atoms with Gasteiger partial charge in [0, 0.05) is 24.2 Å². The maximum atomic E-state index is 5.97. The molecule has 0 radical (unpaired) electrons. The van der Waals surface area contributed by atoms with Crippen LogP contribution in [0.25, 0.3) is 0 Å². The molecular weight excluding hydrogens is 210 g/mol. The fraction of sp³-hybridized carbons (Fsp3) is 1.00. The second-order valence-corrected chi connectivity index (χ2v) is 6.33. The lowest BCUT2D eigenvalue weighted by atomic mass is 9.89. The van der Waals surface area contributed by atoms with E-state index in [-0.39, 0.29) is 0 Å². The molecule has 1 aliphatic carbocycles. The first kappa shape index (κ1) is 11.9. The van der Waals surface area contributed by atoms with Gasteiger partial charge in [-0.05, 0) is 64.5 Å². The third kappa shape index (κ3) is 2.83. The Morgan fingerprint density at radius 1 is 0.882 bits per heavy atom. The third-order valence-electron chi connectivity index (χ3n) is 5.06. The molecule has 17 heavy (non-hydrogen) atoms. The summed E-state index contributed by atoms with van der Waals surface area (Å²) in [5, 5.41) is 3.91. The first-order chi connectivity index (χ1) is 8.31. The van der Waals surface area contributed by atoms with E-state index in [1.54, 1.807) is 0 Å². The lowest BCUT2D eigenvalue weighted by Gasteiger charge is -2.38. The van der Waals surface area contributed by atoms with Crippen LogP contribution in [0.2, 0.25) is 0 Å². The molecule has 3 rings (SSSR count). The number of piperidine rings is 1. The molecule has 0 aromatic carbocycles. The number of hydrogen-bond acceptors (Lipinski definition) is 3.